The molecular weight excluding hydrogens is 625 g/mol. The third-order valence-electron chi connectivity index (χ3n) is 9.69. The highest BCUT2D eigenvalue weighted by atomic mass is 16.4. The second-order valence-electron chi connectivity index (χ2n) is 12.8. The van der Waals surface area contributed by atoms with Crippen LogP contribution >= 0.6 is 0 Å². The molecule has 0 atom stereocenters. The van der Waals surface area contributed by atoms with Gasteiger partial charge in [0.1, 0.15) is 16.7 Å². The normalized spacial score (nSPS) is 11.5. The zero-order valence-electron chi connectivity index (χ0n) is 27.5. The first-order valence-electron chi connectivity index (χ1n) is 17.1. The Kier molecular flexibility index (Phi) is 6.78. The Hall–Kier alpha value is -6.91. The summed E-state index contributed by atoms with van der Waals surface area (Å²) in [6.07, 6.45) is 0. The van der Waals surface area contributed by atoms with Crippen molar-refractivity contribution in [3.63, 3.8) is 0 Å². The second-order valence-corrected chi connectivity index (χ2v) is 12.8. The van der Waals surface area contributed by atoms with E-state index in [4.69, 9.17) is 13.8 Å². The number of benzene rings is 8. The molecule has 8 aromatic carbocycles. The van der Waals surface area contributed by atoms with E-state index < -0.39 is 0 Å². The SMILES string of the molecule is c1ccc(-c2cccc(N(c3ccc(-c4cccc5nc(-c6cccc7oc8ccccc8c67)oc45)cc3)c3ccc4ccccc4c3)c2)cc1. The summed E-state index contributed by atoms with van der Waals surface area (Å²) in [5.74, 6) is 0.576. The van der Waals surface area contributed by atoms with Crippen LogP contribution in [-0.4, -0.2) is 4.98 Å². The number of anilines is 3. The molecule has 0 saturated heterocycles. The van der Waals surface area contributed by atoms with Crippen LogP contribution in [0.25, 0.3) is 77.5 Å². The van der Waals surface area contributed by atoms with Crippen LogP contribution in [0.3, 0.4) is 0 Å². The molecule has 0 bridgehead atoms. The highest BCUT2D eigenvalue weighted by molar-refractivity contribution is 6.12. The van der Waals surface area contributed by atoms with Crippen LogP contribution in [-0.2, 0) is 0 Å². The molecule has 0 unspecified atom stereocenters. The van der Waals surface area contributed by atoms with E-state index in [-0.39, 0.29) is 0 Å². The summed E-state index contributed by atoms with van der Waals surface area (Å²) in [7, 11) is 0. The number of fused-ring (bicyclic) bond motifs is 5. The number of para-hydroxylation sites is 2. The van der Waals surface area contributed by atoms with Gasteiger partial charge in [-0.25, -0.2) is 4.98 Å². The first-order chi connectivity index (χ1) is 25.3. The topological polar surface area (TPSA) is 42.4 Å². The molecule has 2 heterocycles. The molecule has 0 saturated carbocycles. The largest absolute Gasteiger partial charge is 0.456 e. The van der Waals surface area contributed by atoms with Gasteiger partial charge in [-0.05, 0) is 88.1 Å². The minimum Gasteiger partial charge on any atom is -0.456 e. The van der Waals surface area contributed by atoms with Gasteiger partial charge in [-0.1, -0.05) is 121 Å². The molecule has 0 amide bonds. The van der Waals surface area contributed by atoms with Crippen LogP contribution in [0, 0.1) is 0 Å². The Bertz CT molecular complexity index is 2870. The molecule has 0 N–H and O–H groups in total. The number of aromatic nitrogens is 1. The standard InChI is InChI=1S/C47H30N2O2/c1-2-11-31(12-3-1)35-15-8-16-37(29-35)49(38-28-23-32-13-4-5-14-34(32)30-38)36-26-24-33(25-27-36)39-18-9-20-42-46(39)51-47(48-42)41-19-10-22-44-45(41)40-17-6-7-21-43(40)50-44/h1-30H. The van der Waals surface area contributed by atoms with E-state index in [1.807, 2.05) is 42.5 Å². The highest BCUT2D eigenvalue weighted by Crippen LogP contribution is 2.41. The van der Waals surface area contributed by atoms with Crippen LogP contribution in [0.4, 0.5) is 17.1 Å². The van der Waals surface area contributed by atoms with Gasteiger partial charge in [-0.15, -0.1) is 0 Å². The van der Waals surface area contributed by atoms with Crippen LogP contribution in [0.5, 0.6) is 0 Å². The molecule has 4 heteroatoms. The summed E-state index contributed by atoms with van der Waals surface area (Å²) in [4.78, 5) is 7.30. The Balaban J connectivity index is 1.07. The van der Waals surface area contributed by atoms with Crippen molar-refractivity contribution in [1.82, 2.24) is 4.98 Å². The molecule has 0 spiro atoms. The van der Waals surface area contributed by atoms with E-state index in [1.165, 1.54) is 21.9 Å². The number of hydrogen-bond acceptors (Lipinski definition) is 4. The van der Waals surface area contributed by atoms with Gasteiger partial charge in [0.2, 0.25) is 5.89 Å². The first kappa shape index (κ1) is 29.0. The van der Waals surface area contributed by atoms with Crippen LogP contribution in [0.15, 0.2) is 191 Å². The third kappa shape index (κ3) is 5.04. The molecule has 0 aliphatic carbocycles. The maximum absolute atomic E-state index is 6.62. The Labute approximate surface area is 294 Å². The van der Waals surface area contributed by atoms with Gasteiger partial charge in [0.05, 0.1) is 0 Å². The summed E-state index contributed by atoms with van der Waals surface area (Å²) in [5, 5.41) is 4.47. The zero-order chi connectivity index (χ0) is 33.7. The molecule has 10 aromatic rings. The van der Waals surface area contributed by atoms with Crippen LogP contribution in [0.2, 0.25) is 0 Å². The lowest BCUT2D eigenvalue weighted by Gasteiger charge is -2.26. The smallest absolute Gasteiger partial charge is 0.228 e. The van der Waals surface area contributed by atoms with E-state index >= 15 is 0 Å². The van der Waals surface area contributed by atoms with Gasteiger partial charge in [0.25, 0.3) is 0 Å². The number of hydrogen-bond donors (Lipinski definition) is 0. The minimum atomic E-state index is 0.576. The van der Waals surface area contributed by atoms with E-state index in [1.54, 1.807) is 0 Å². The van der Waals surface area contributed by atoms with Crippen molar-refractivity contribution in [2.75, 3.05) is 4.90 Å². The van der Waals surface area contributed by atoms with Gasteiger partial charge in [0, 0.05) is 39.0 Å². The fourth-order valence-corrected chi connectivity index (χ4v) is 7.25. The molecule has 0 radical (unpaired) electrons. The lowest BCUT2D eigenvalue weighted by molar-refractivity contribution is 0.621. The van der Waals surface area contributed by atoms with Crippen molar-refractivity contribution in [3.05, 3.63) is 182 Å². The Morgan fingerprint density at radius 2 is 1.10 bits per heavy atom. The molecule has 0 fully saturated rings. The summed E-state index contributed by atoms with van der Waals surface area (Å²) in [5.41, 5.74) is 11.8. The van der Waals surface area contributed by atoms with Crippen molar-refractivity contribution < 1.29 is 8.83 Å². The quantitative estimate of drug-likeness (QED) is 0.179. The number of nitrogens with zero attached hydrogens (tertiary/aromatic N) is 2. The summed E-state index contributed by atoms with van der Waals surface area (Å²) >= 11 is 0. The molecule has 0 aliphatic heterocycles. The lowest BCUT2D eigenvalue weighted by atomic mass is 10.0. The van der Waals surface area contributed by atoms with Gasteiger partial charge in [-0.3, -0.25) is 0 Å². The maximum atomic E-state index is 6.62. The molecule has 240 valence electrons. The van der Waals surface area contributed by atoms with Crippen LogP contribution in [0.1, 0.15) is 0 Å². The second kappa shape index (κ2) is 11.9. The molecular formula is C47H30N2O2. The van der Waals surface area contributed by atoms with Crippen molar-refractivity contribution >= 4 is 60.9 Å². The predicted octanol–water partition coefficient (Wildman–Crippen LogP) is 13.4. The number of rotatable bonds is 6. The fourth-order valence-electron chi connectivity index (χ4n) is 7.25. The zero-order valence-corrected chi connectivity index (χ0v) is 27.5. The first-order valence-corrected chi connectivity index (χ1v) is 17.1. The lowest BCUT2D eigenvalue weighted by Crippen LogP contribution is -2.10. The van der Waals surface area contributed by atoms with Crippen molar-refractivity contribution in [1.29, 1.82) is 0 Å². The molecule has 10 rings (SSSR count). The van der Waals surface area contributed by atoms with E-state index in [0.717, 1.165) is 66.8 Å². The predicted molar refractivity (Wildman–Crippen MR) is 210 cm³/mol. The van der Waals surface area contributed by atoms with Crippen molar-refractivity contribution in [3.8, 4) is 33.7 Å². The molecule has 0 aliphatic rings. The minimum absolute atomic E-state index is 0.576. The maximum Gasteiger partial charge on any atom is 0.228 e. The van der Waals surface area contributed by atoms with Gasteiger partial charge in [-0.2, -0.15) is 0 Å². The van der Waals surface area contributed by atoms with Gasteiger partial charge >= 0.3 is 0 Å². The molecule has 4 nitrogen and oxygen atoms in total. The van der Waals surface area contributed by atoms with Gasteiger partial charge in [0.15, 0.2) is 5.58 Å². The van der Waals surface area contributed by atoms with Gasteiger partial charge < -0.3 is 13.7 Å². The summed E-state index contributed by atoms with van der Waals surface area (Å²) in [6.45, 7) is 0. The van der Waals surface area contributed by atoms with Crippen LogP contribution < -0.4 is 4.90 Å². The monoisotopic (exact) mass is 654 g/mol. The van der Waals surface area contributed by atoms with E-state index in [0.29, 0.717) is 5.89 Å². The van der Waals surface area contributed by atoms with Crippen molar-refractivity contribution in [2.24, 2.45) is 0 Å². The highest BCUT2D eigenvalue weighted by Gasteiger charge is 2.19. The molecule has 51 heavy (non-hydrogen) atoms. The average Bonchev–Trinajstić information content (AvgIpc) is 3.81. The third-order valence-corrected chi connectivity index (χ3v) is 9.69. The van der Waals surface area contributed by atoms with E-state index in [9.17, 15) is 0 Å². The Morgan fingerprint density at radius 3 is 2.00 bits per heavy atom. The summed E-state index contributed by atoms with van der Waals surface area (Å²) in [6, 6.07) is 63.4. The average molecular weight is 655 g/mol. The fraction of sp³-hybridized carbons (Fsp3) is 0. The molecule has 2 aromatic heterocycles. The van der Waals surface area contributed by atoms with Crippen molar-refractivity contribution in [2.45, 2.75) is 0 Å². The Morgan fingerprint density at radius 1 is 0.412 bits per heavy atom. The number of furan rings is 1. The van der Waals surface area contributed by atoms with E-state index in [2.05, 4.69) is 144 Å². The summed E-state index contributed by atoms with van der Waals surface area (Å²) < 4.78 is 12.8. The number of oxazole rings is 1.